The summed E-state index contributed by atoms with van der Waals surface area (Å²) in [4.78, 5) is 4.34. The Morgan fingerprint density at radius 1 is 1.30 bits per heavy atom. The molecular weight excluding hydrogens is 471 g/mol. The van der Waals surface area contributed by atoms with E-state index in [0.717, 1.165) is 0 Å². The Labute approximate surface area is 173 Å². The van der Waals surface area contributed by atoms with Crippen LogP contribution in [-0.2, 0) is 6.54 Å². The van der Waals surface area contributed by atoms with Crippen LogP contribution in [0.1, 0.15) is 18.6 Å². The lowest BCUT2D eigenvalue weighted by molar-refractivity contribution is -0.0498. The zero-order valence-electron chi connectivity index (χ0n) is 14.9. The molecule has 27 heavy (non-hydrogen) atoms. The largest absolute Gasteiger partial charge is 0.435 e. The molecule has 0 spiro atoms. The summed E-state index contributed by atoms with van der Waals surface area (Å²) in [5, 5.41) is 20.6. The predicted molar refractivity (Wildman–Crippen MR) is 110 cm³/mol. The third kappa shape index (κ3) is 8.52. The minimum atomic E-state index is -2.87. The van der Waals surface area contributed by atoms with Gasteiger partial charge >= 0.3 is 6.61 Å². The van der Waals surface area contributed by atoms with Crippen molar-refractivity contribution in [2.75, 3.05) is 19.6 Å². The first-order valence-corrected chi connectivity index (χ1v) is 8.31. The van der Waals surface area contributed by atoms with Crippen LogP contribution in [0.2, 0.25) is 0 Å². The maximum absolute atomic E-state index is 12.1. The number of nitrogens with zero attached hydrogens (tertiary/aromatic N) is 3. The lowest BCUT2D eigenvalue weighted by atomic mass is 10.1. The second-order valence-electron chi connectivity index (χ2n) is 5.38. The van der Waals surface area contributed by atoms with Gasteiger partial charge in [0.05, 0.1) is 19.2 Å². The van der Waals surface area contributed by atoms with Crippen LogP contribution in [0.25, 0.3) is 0 Å². The van der Waals surface area contributed by atoms with E-state index in [1.54, 1.807) is 10.9 Å². The number of rotatable bonds is 9. The normalized spacial score (nSPS) is 12.4. The van der Waals surface area contributed by atoms with E-state index in [1.807, 2.05) is 19.2 Å². The molecule has 1 heterocycles. The fraction of sp³-hybridized carbons (Fsp3) is 0.412. The molecule has 7 nitrogen and oxygen atoms in total. The molecule has 0 aliphatic carbocycles. The van der Waals surface area contributed by atoms with E-state index in [1.165, 1.54) is 24.3 Å². The Hall–Kier alpha value is -1.95. The number of hydrogen-bond acceptors (Lipinski definition) is 4. The predicted octanol–water partition coefficient (Wildman–Crippen LogP) is 2.39. The molecule has 0 aliphatic rings. The second kappa shape index (κ2) is 12.4. The molecule has 2 aromatic rings. The average Bonchev–Trinajstić information content (AvgIpc) is 3.13. The van der Waals surface area contributed by atoms with Crippen LogP contribution in [0.4, 0.5) is 8.78 Å². The molecule has 0 saturated carbocycles. The van der Waals surface area contributed by atoms with Crippen molar-refractivity contribution < 1.29 is 18.6 Å². The second-order valence-corrected chi connectivity index (χ2v) is 5.38. The molecule has 0 bridgehead atoms. The smallest absolute Gasteiger partial charge is 0.387 e. The van der Waals surface area contributed by atoms with Crippen LogP contribution < -0.4 is 15.4 Å². The summed E-state index contributed by atoms with van der Waals surface area (Å²) in [6, 6.07) is 7.71. The number of guanidine groups is 1. The molecule has 1 aromatic carbocycles. The van der Waals surface area contributed by atoms with Gasteiger partial charge in [-0.1, -0.05) is 12.1 Å². The topological polar surface area (TPSA) is 83.7 Å². The van der Waals surface area contributed by atoms with E-state index >= 15 is 0 Å². The molecule has 0 aliphatic heterocycles. The number of ether oxygens (including phenoxy) is 1. The van der Waals surface area contributed by atoms with Gasteiger partial charge in [-0.05, 0) is 30.7 Å². The van der Waals surface area contributed by atoms with Crippen LogP contribution in [0, 0.1) is 0 Å². The van der Waals surface area contributed by atoms with E-state index in [2.05, 4.69) is 25.5 Å². The fourth-order valence-electron chi connectivity index (χ4n) is 2.22. The first kappa shape index (κ1) is 23.1. The number of hydrogen-bond donors (Lipinski definition) is 3. The molecule has 1 aromatic heterocycles. The Morgan fingerprint density at radius 3 is 2.63 bits per heavy atom. The number of aliphatic imine (C=N–C) groups is 1. The highest BCUT2D eigenvalue weighted by atomic mass is 127. The average molecular weight is 495 g/mol. The number of aromatic nitrogens is 2. The molecule has 1 unspecified atom stereocenters. The molecule has 0 amide bonds. The van der Waals surface area contributed by atoms with Crippen molar-refractivity contribution in [1.29, 1.82) is 0 Å². The Bertz CT molecular complexity index is 668. The summed E-state index contributed by atoms with van der Waals surface area (Å²) in [6.45, 7) is 1.21. The zero-order chi connectivity index (χ0) is 18.8. The summed E-state index contributed by atoms with van der Waals surface area (Å²) in [5.41, 5.74) is 0.572. The van der Waals surface area contributed by atoms with Gasteiger partial charge in [-0.15, -0.1) is 24.0 Å². The van der Waals surface area contributed by atoms with Gasteiger partial charge in [-0.3, -0.25) is 9.67 Å². The molecule has 3 N–H and O–H groups in total. The van der Waals surface area contributed by atoms with Crippen molar-refractivity contribution in [2.24, 2.45) is 4.99 Å². The van der Waals surface area contributed by atoms with Crippen molar-refractivity contribution in [2.45, 2.75) is 26.2 Å². The molecular formula is C17H24F2IN5O2. The van der Waals surface area contributed by atoms with E-state index in [9.17, 15) is 13.9 Å². The van der Waals surface area contributed by atoms with Gasteiger partial charge in [0.2, 0.25) is 0 Å². The van der Waals surface area contributed by atoms with Crippen LogP contribution in [0.15, 0.2) is 47.7 Å². The highest BCUT2D eigenvalue weighted by molar-refractivity contribution is 14.0. The quantitative estimate of drug-likeness (QED) is 0.283. The SMILES string of the molecule is CCNC(=NCC(O)c1ccc(OC(F)F)cc1)NCCn1cccn1.I. The number of alkyl halides is 2. The third-order valence-electron chi connectivity index (χ3n) is 3.45. The number of benzene rings is 1. The van der Waals surface area contributed by atoms with Crippen LogP contribution in [-0.4, -0.2) is 47.1 Å². The van der Waals surface area contributed by atoms with E-state index < -0.39 is 12.7 Å². The highest BCUT2D eigenvalue weighted by Crippen LogP contribution is 2.19. The Balaban J connectivity index is 0.00000364. The van der Waals surface area contributed by atoms with Crippen LogP contribution >= 0.6 is 24.0 Å². The van der Waals surface area contributed by atoms with Crippen molar-refractivity contribution in [1.82, 2.24) is 20.4 Å². The van der Waals surface area contributed by atoms with Gasteiger partial charge in [0.25, 0.3) is 0 Å². The summed E-state index contributed by atoms with van der Waals surface area (Å²) in [5.74, 6) is 0.629. The summed E-state index contributed by atoms with van der Waals surface area (Å²) >= 11 is 0. The maximum Gasteiger partial charge on any atom is 0.387 e. The first-order valence-electron chi connectivity index (χ1n) is 8.31. The molecule has 2 rings (SSSR count). The number of halogens is 3. The van der Waals surface area contributed by atoms with Gasteiger partial charge in [0.1, 0.15) is 5.75 Å². The van der Waals surface area contributed by atoms with Crippen LogP contribution in [0.5, 0.6) is 5.75 Å². The molecule has 0 radical (unpaired) electrons. The van der Waals surface area contributed by atoms with Crippen molar-refractivity contribution >= 4 is 29.9 Å². The summed E-state index contributed by atoms with van der Waals surface area (Å²) in [6.07, 6.45) is 2.74. The van der Waals surface area contributed by atoms with Gasteiger partial charge in [0, 0.05) is 25.5 Å². The fourth-order valence-corrected chi connectivity index (χ4v) is 2.22. The minimum Gasteiger partial charge on any atom is -0.435 e. The number of aliphatic hydroxyl groups excluding tert-OH is 1. The molecule has 10 heteroatoms. The lowest BCUT2D eigenvalue weighted by Gasteiger charge is -2.14. The Morgan fingerprint density at radius 2 is 2.04 bits per heavy atom. The van der Waals surface area contributed by atoms with E-state index in [-0.39, 0.29) is 36.3 Å². The first-order chi connectivity index (χ1) is 12.6. The lowest BCUT2D eigenvalue weighted by Crippen LogP contribution is -2.39. The van der Waals surface area contributed by atoms with E-state index in [0.29, 0.717) is 31.2 Å². The minimum absolute atomic E-state index is 0. The number of aliphatic hydroxyl groups is 1. The van der Waals surface area contributed by atoms with Gasteiger partial charge < -0.3 is 20.5 Å². The van der Waals surface area contributed by atoms with Crippen molar-refractivity contribution in [3.05, 3.63) is 48.3 Å². The summed E-state index contributed by atoms with van der Waals surface area (Å²) in [7, 11) is 0. The maximum atomic E-state index is 12.1. The molecule has 1 atom stereocenters. The van der Waals surface area contributed by atoms with Gasteiger partial charge in [-0.25, -0.2) is 0 Å². The van der Waals surface area contributed by atoms with Crippen molar-refractivity contribution in [3.63, 3.8) is 0 Å². The van der Waals surface area contributed by atoms with Crippen molar-refractivity contribution in [3.8, 4) is 5.75 Å². The van der Waals surface area contributed by atoms with E-state index in [4.69, 9.17) is 0 Å². The number of nitrogens with one attached hydrogen (secondary N) is 2. The third-order valence-corrected chi connectivity index (χ3v) is 3.45. The van der Waals surface area contributed by atoms with Gasteiger partial charge in [0.15, 0.2) is 5.96 Å². The Kier molecular flexibility index (Phi) is 10.6. The monoisotopic (exact) mass is 495 g/mol. The molecule has 0 saturated heterocycles. The summed E-state index contributed by atoms with van der Waals surface area (Å²) < 4.78 is 30.4. The zero-order valence-corrected chi connectivity index (χ0v) is 17.2. The van der Waals surface area contributed by atoms with Gasteiger partial charge in [-0.2, -0.15) is 13.9 Å². The molecule has 0 fully saturated rings. The van der Waals surface area contributed by atoms with Crippen LogP contribution in [0.3, 0.4) is 0 Å². The standard InChI is InChI=1S/C17H23F2N5O2.HI/c1-2-20-17(21-9-11-24-10-3-8-23-24)22-12-15(25)13-4-6-14(7-5-13)26-16(18)19;/h3-8,10,15-16,25H,2,9,11-12H2,1H3,(H2,20,21,22);1H. The molecule has 150 valence electrons. The highest BCUT2D eigenvalue weighted by Gasteiger charge is 2.09.